The molecule has 1 aromatic rings. The molecule has 22 heavy (non-hydrogen) atoms. The van der Waals surface area contributed by atoms with Crippen molar-refractivity contribution in [3.8, 4) is 0 Å². The summed E-state index contributed by atoms with van der Waals surface area (Å²) >= 11 is 0. The quantitative estimate of drug-likeness (QED) is 0.680. The Hall–Kier alpha value is -1.69. The van der Waals surface area contributed by atoms with E-state index in [-0.39, 0.29) is 17.2 Å². The second-order valence-electron chi connectivity index (χ2n) is 7.06. The summed E-state index contributed by atoms with van der Waals surface area (Å²) in [7, 11) is 0. The van der Waals surface area contributed by atoms with E-state index < -0.39 is 4.92 Å². The normalized spacial score (nSPS) is 22.4. The van der Waals surface area contributed by atoms with Crippen LogP contribution in [0.2, 0.25) is 0 Å². The summed E-state index contributed by atoms with van der Waals surface area (Å²) in [5.41, 5.74) is 0.917. The largest absolute Gasteiger partial charge is 0.377 e. The SMILES string of the molecule is Cc1cc([N+](=O)[O-])cnc1NCC1CCCOC1C(C)(C)C. The summed E-state index contributed by atoms with van der Waals surface area (Å²) in [5, 5.41) is 14.1. The molecule has 0 bridgehead atoms. The highest BCUT2D eigenvalue weighted by Gasteiger charge is 2.35. The van der Waals surface area contributed by atoms with Gasteiger partial charge in [-0.05, 0) is 30.7 Å². The Labute approximate surface area is 131 Å². The highest BCUT2D eigenvalue weighted by atomic mass is 16.6. The standard InChI is InChI=1S/C16H25N3O3/c1-11-8-13(19(20)21)10-18-15(11)17-9-12-6-5-7-22-14(12)16(2,3)4/h8,10,12,14H,5-7,9H2,1-4H3,(H,17,18). The molecule has 1 fully saturated rings. The summed E-state index contributed by atoms with van der Waals surface area (Å²) in [6, 6.07) is 1.55. The molecule has 2 rings (SSSR count). The smallest absolute Gasteiger partial charge is 0.287 e. The van der Waals surface area contributed by atoms with Crippen molar-refractivity contribution >= 4 is 11.5 Å². The number of nitrogens with one attached hydrogen (secondary N) is 1. The zero-order valence-electron chi connectivity index (χ0n) is 13.8. The lowest BCUT2D eigenvalue weighted by Crippen LogP contribution is -2.42. The number of aryl methyl sites for hydroxylation is 1. The van der Waals surface area contributed by atoms with E-state index in [2.05, 4.69) is 31.1 Å². The van der Waals surface area contributed by atoms with Gasteiger partial charge in [-0.1, -0.05) is 20.8 Å². The molecule has 0 amide bonds. The Morgan fingerprint density at radius 2 is 2.23 bits per heavy atom. The van der Waals surface area contributed by atoms with Gasteiger partial charge in [0.25, 0.3) is 5.69 Å². The van der Waals surface area contributed by atoms with E-state index in [4.69, 9.17) is 4.74 Å². The van der Waals surface area contributed by atoms with Gasteiger partial charge in [0.15, 0.2) is 0 Å². The maximum Gasteiger partial charge on any atom is 0.287 e. The Morgan fingerprint density at radius 3 is 2.82 bits per heavy atom. The fraction of sp³-hybridized carbons (Fsp3) is 0.688. The number of pyridine rings is 1. The molecule has 1 aliphatic heterocycles. The number of hydrogen-bond donors (Lipinski definition) is 1. The monoisotopic (exact) mass is 307 g/mol. The minimum absolute atomic E-state index is 0.0246. The molecule has 2 heterocycles. The van der Waals surface area contributed by atoms with Gasteiger partial charge < -0.3 is 10.1 Å². The van der Waals surface area contributed by atoms with Crippen LogP contribution in [-0.2, 0) is 4.74 Å². The third-order valence-corrected chi connectivity index (χ3v) is 4.10. The van der Waals surface area contributed by atoms with Gasteiger partial charge >= 0.3 is 0 Å². The third-order valence-electron chi connectivity index (χ3n) is 4.10. The first-order valence-electron chi connectivity index (χ1n) is 7.75. The Bertz CT molecular complexity index is 540. The first-order valence-corrected chi connectivity index (χ1v) is 7.75. The van der Waals surface area contributed by atoms with Gasteiger partial charge in [-0.2, -0.15) is 0 Å². The van der Waals surface area contributed by atoms with Crippen LogP contribution in [0, 0.1) is 28.4 Å². The van der Waals surface area contributed by atoms with Crippen LogP contribution in [0.25, 0.3) is 0 Å². The van der Waals surface area contributed by atoms with E-state index in [0.29, 0.717) is 11.7 Å². The van der Waals surface area contributed by atoms with Gasteiger partial charge in [0.05, 0.1) is 11.0 Å². The van der Waals surface area contributed by atoms with Gasteiger partial charge in [-0.25, -0.2) is 4.98 Å². The van der Waals surface area contributed by atoms with E-state index in [0.717, 1.165) is 31.6 Å². The lowest BCUT2D eigenvalue weighted by molar-refractivity contribution is -0.385. The molecule has 1 saturated heterocycles. The van der Waals surface area contributed by atoms with Crippen molar-refractivity contribution in [2.24, 2.45) is 11.3 Å². The molecule has 6 nitrogen and oxygen atoms in total. The highest BCUT2D eigenvalue weighted by molar-refractivity contribution is 5.48. The molecule has 122 valence electrons. The number of nitro groups is 1. The van der Waals surface area contributed by atoms with Crippen molar-refractivity contribution in [3.63, 3.8) is 0 Å². The molecule has 1 aromatic heterocycles. The van der Waals surface area contributed by atoms with Crippen LogP contribution < -0.4 is 5.32 Å². The molecular formula is C16H25N3O3. The summed E-state index contributed by atoms with van der Waals surface area (Å²) < 4.78 is 5.97. The minimum atomic E-state index is -0.422. The van der Waals surface area contributed by atoms with Crippen LogP contribution in [0.4, 0.5) is 11.5 Å². The summed E-state index contributed by atoms with van der Waals surface area (Å²) in [6.07, 6.45) is 3.72. The van der Waals surface area contributed by atoms with Crippen LogP contribution in [0.3, 0.4) is 0 Å². The van der Waals surface area contributed by atoms with E-state index >= 15 is 0 Å². The highest BCUT2D eigenvalue weighted by Crippen LogP contribution is 2.34. The van der Waals surface area contributed by atoms with Crippen LogP contribution in [0.15, 0.2) is 12.3 Å². The molecule has 0 aliphatic carbocycles. The molecule has 6 heteroatoms. The minimum Gasteiger partial charge on any atom is -0.377 e. The molecule has 2 atom stereocenters. The van der Waals surface area contributed by atoms with E-state index in [1.807, 2.05) is 6.92 Å². The zero-order valence-corrected chi connectivity index (χ0v) is 13.8. The zero-order chi connectivity index (χ0) is 16.3. The summed E-state index contributed by atoms with van der Waals surface area (Å²) in [4.78, 5) is 14.5. The molecule has 1 N–H and O–H groups in total. The topological polar surface area (TPSA) is 77.3 Å². The average Bonchev–Trinajstić information content (AvgIpc) is 2.45. The second kappa shape index (κ2) is 6.60. The number of anilines is 1. The number of nitrogens with zero attached hydrogens (tertiary/aromatic N) is 2. The van der Waals surface area contributed by atoms with Crippen molar-refractivity contribution in [2.45, 2.75) is 46.6 Å². The lowest BCUT2D eigenvalue weighted by Gasteiger charge is -2.40. The Morgan fingerprint density at radius 1 is 1.50 bits per heavy atom. The van der Waals surface area contributed by atoms with Crippen molar-refractivity contribution in [1.29, 1.82) is 0 Å². The van der Waals surface area contributed by atoms with Gasteiger partial charge in [0.1, 0.15) is 12.0 Å². The molecule has 1 aliphatic rings. The summed E-state index contributed by atoms with van der Waals surface area (Å²) in [6.45, 7) is 10.0. The molecule has 0 saturated carbocycles. The second-order valence-corrected chi connectivity index (χ2v) is 7.06. The number of hydrogen-bond acceptors (Lipinski definition) is 5. The first kappa shape index (κ1) is 16.7. The van der Waals surface area contributed by atoms with Crippen LogP contribution in [0.5, 0.6) is 0 Å². The maximum atomic E-state index is 10.8. The number of rotatable bonds is 4. The van der Waals surface area contributed by atoms with Crippen LogP contribution >= 0.6 is 0 Å². The summed E-state index contributed by atoms with van der Waals surface area (Å²) in [5.74, 6) is 1.13. The van der Waals surface area contributed by atoms with Gasteiger partial charge in [-0.15, -0.1) is 0 Å². The lowest BCUT2D eigenvalue weighted by atomic mass is 9.78. The van der Waals surface area contributed by atoms with Crippen molar-refractivity contribution in [3.05, 3.63) is 27.9 Å². The molecule has 0 spiro atoms. The molecular weight excluding hydrogens is 282 g/mol. The average molecular weight is 307 g/mol. The van der Waals surface area contributed by atoms with Crippen LogP contribution in [0.1, 0.15) is 39.2 Å². The Kier molecular flexibility index (Phi) is 5.01. The first-order chi connectivity index (χ1) is 10.3. The molecule has 0 radical (unpaired) electrons. The van der Waals surface area contributed by atoms with Gasteiger partial charge in [-0.3, -0.25) is 10.1 Å². The Balaban J connectivity index is 2.04. The van der Waals surface area contributed by atoms with Gasteiger partial charge in [0.2, 0.25) is 0 Å². The maximum absolute atomic E-state index is 10.8. The number of ether oxygens (including phenoxy) is 1. The van der Waals surface area contributed by atoms with Crippen molar-refractivity contribution in [1.82, 2.24) is 4.98 Å². The van der Waals surface area contributed by atoms with E-state index in [9.17, 15) is 10.1 Å². The predicted octanol–water partition coefficient (Wildman–Crippen LogP) is 3.55. The van der Waals surface area contributed by atoms with E-state index in [1.165, 1.54) is 6.20 Å². The molecule has 0 aromatic carbocycles. The van der Waals surface area contributed by atoms with Crippen molar-refractivity contribution < 1.29 is 9.66 Å². The van der Waals surface area contributed by atoms with Gasteiger partial charge in [0, 0.05) is 25.1 Å². The predicted molar refractivity (Wildman–Crippen MR) is 86.0 cm³/mol. The third kappa shape index (κ3) is 3.94. The fourth-order valence-electron chi connectivity index (χ4n) is 3.08. The fourth-order valence-corrected chi connectivity index (χ4v) is 3.08. The van der Waals surface area contributed by atoms with Crippen LogP contribution in [-0.4, -0.2) is 29.2 Å². The number of aromatic nitrogens is 1. The molecule has 2 unspecified atom stereocenters. The van der Waals surface area contributed by atoms with E-state index in [1.54, 1.807) is 6.07 Å². The van der Waals surface area contributed by atoms with Crippen molar-refractivity contribution in [2.75, 3.05) is 18.5 Å².